The molecule has 0 bridgehead atoms. The van der Waals surface area contributed by atoms with Gasteiger partial charge in [-0.15, -0.1) is 0 Å². The molecule has 0 spiro atoms. The number of aromatic nitrogens is 1. The summed E-state index contributed by atoms with van der Waals surface area (Å²) in [5, 5.41) is 2.99. The molecule has 6 nitrogen and oxygen atoms in total. The Hall–Kier alpha value is -2.96. The Balaban J connectivity index is 1.29. The van der Waals surface area contributed by atoms with Crippen LogP contribution in [0.4, 0.5) is 15.9 Å². The van der Waals surface area contributed by atoms with Crippen LogP contribution in [-0.4, -0.2) is 47.9 Å². The molecule has 0 radical (unpaired) electrons. The van der Waals surface area contributed by atoms with Crippen molar-refractivity contribution in [2.45, 2.75) is 32.1 Å². The van der Waals surface area contributed by atoms with E-state index in [0.717, 1.165) is 37.2 Å². The summed E-state index contributed by atoms with van der Waals surface area (Å²) in [6, 6.07) is 9.45. The molecule has 1 aliphatic carbocycles. The number of nitrogens with zero attached hydrogens (tertiary/aromatic N) is 3. The summed E-state index contributed by atoms with van der Waals surface area (Å²) in [6.07, 6.45) is 7.13. The Morgan fingerprint density at radius 1 is 0.933 bits per heavy atom. The molecular weight excluding hydrogens is 383 g/mol. The Bertz CT molecular complexity index is 871. The summed E-state index contributed by atoms with van der Waals surface area (Å²) >= 11 is 0. The maximum Gasteiger partial charge on any atom is 0.253 e. The second-order valence-electron chi connectivity index (χ2n) is 8.02. The van der Waals surface area contributed by atoms with Crippen molar-refractivity contribution in [3.8, 4) is 0 Å². The van der Waals surface area contributed by atoms with E-state index in [-0.39, 0.29) is 23.5 Å². The van der Waals surface area contributed by atoms with Gasteiger partial charge in [0.2, 0.25) is 5.91 Å². The van der Waals surface area contributed by atoms with E-state index in [0.29, 0.717) is 31.7 Å². The molecule has 1 saturated heterocycles. The highest BCUT2D eigenvalue weighted by Gasteiger charge is 2.24. The molecule has 7 heteroatoms. The molecule has 2 fully saturated rings. The van der Waals surface area contributed by atoms with E-state index in [1.165, 1.54) is 30.7 Å². The molecule has 30 heavy (non-hydrogen) atoms. The van der Waals surface area contributed by atoms with Crippen molar-refractivity contribution < 1.29 is 14.0 Å². The summed E-state index contributed by atoms with van der Waals surface area (Å²) in [4.78, 5) is 33.4. The van der Waals surface area contributed by atoms with Crippen molar-refractivity contribution in [1.29, 1.82) is 0 Å². The molecule has 1 aromatic carbocycles. The third kappa shape index (κ3) is 4.78. The average Bonchev–Trinajstić information content (AvgIpc) is 2.80. The normalized spacial score (nSPS) is 17.6. The molecule has 2 aliphatic rings. The van der Waals surface area contributed by atoms with E-state index in [1.807, 2.05) is 12.1 Å². The fraction of sp³-hybridized carbons (Fsp3) is 0.435. The second kappa shape index (κ2) is 9.24. The van der Waals surface area contributed by atoms with Crippen molar-refractivity contribution in [3.05, 3.63) is 54.0 Å². The van der Waals surface area contributed by atoms with Crippen LogP contribution in [0.1, 0.15) is 42.5 Å². The summed E-state index contributed by atoms with van der Waals surface area (Å²) in [7, 11) is 0. The number of hydrogen-bond acceptors (Lipinski definition) is 4. The third-order valence-corrected chi connectivity index (χ3v) is 5.97. The van der Waals surface area contributed by atoms with Gasteiger partial charge in [-0.1, -0.05) is 19.3 Å². The number of nitrogens with one attached hydrogen (secondary N) is 1. The van der Waals surface area contributed by atoms with Crippen LogP contribution < -0.4 is 10.2 Å². The summed E-state index contributed by atoms with van der Waals surface area (Å²) in [5.41, 5.74) is 1.22. The molecule has 2 amide bonds. The minimum Gasteiger partial charge on any atom is -0.353 e. The number of carbonyl (C=O) groups excluding carboxylic acids is 2. The van der Waals surface area contributed by atoms with E-state index < -0.39 is 0 Å². The molecule has 0 unspecified atom stereocenters. The zero-order valence-electron chi connectivity index (χ0n) is 17.0. The summed E-state index contributed by atoms with van der Waals surface area (Å²) in [6.45, 7) is 2.51. The van der Waals surface area contributed by atoms with Crippen LogP contribution in [0.15, 0.2) is 42.6 Å². The average molecular weight is 410 g/mol. The number of benzene rings is 1. The lowest BCUT2D eigenvalue weighted by Gasteiger charge is -2.35. The van der Waals surface area contributed by atoms with Gasteiger partial charge in [-0.3, -0.25) is 9.59 Å². The zero-order chi connectivity index (χ0) is 20.9. The second-order valence-corrected chi connectivity index (χ2v) is 8.02. The van der Waals surface area contributed by atoms with Crippen LogP contribution in [0.5, 0.6) is 0 Å². The molecule has 2 aromatic rings. The lowest BCUT2D eigenvalue weighted by Crippen LogP contribution is -2.49. The van der Waals surface area contributed by atoms with Crippen LogP contribution in [0, 0.1) is 11.7 Å². The van der Waals surface area contributed by atoms with Crippen LogP contribution in [0.25, 0.3) is 0 Å². The Morgan fingerprint density at radius 3 is 2.27 bits per heavy atom. The summed E-state index contributed by atoms with van der Waals surface area (Å²) in [5.74, 6) is 0.617. The Kier molecular flexibility index (Phi) is 6.26. The molecule has 2 heterocycles. The number of halogens is 1. The number of pyridine rings is 1. The van der Waals surface area contributed by atoms with Crippen molar-refractivity contribution >= 4 is 23.3 Å². The maximum absolute atomic E-state index is 13.1. The quantitative estimate of drug-likeness (QED) is 0.835. The molecule has 1 N–H and O–H groups in total. The Labute approximate surface area is 176 Å². The fourth-order valence-electron chi connectivity index (χ4n) is 4.17. The molecular formula is C23H27FN4O2. The number of hydrogen-bond donors (Lipinski definition) is 1. The number of anilines is 2. The number of carbonyl (C=O) groups is 2. The van der Waals surface area contributed by atoms with E-state index in [9.17, 15) is 14.0 Å². The molecule has 1 aromatic heterocycles. The maximum atomic E-state index is 13.1. The SMILES string of the molecule is O=C(Nc1ccc(N2CCN(C(=O)c3ccc(F)cc3)CC2)nc1)C1CCCCC1. The predicted molar refractivity (Wildman–Crippen MR) is 114 cm³/mol. The lowest BCUT2D eigenvalue weighted by molar-refractivity contribution is -0.120. The van der Waals surface area contributed by atoms with Crippen LogP contribution in [-0.2, 0) is 4.79 Å². The van der Waals surface area contributed by atoms with Gasteiger partial charge < -0.3 is 15.1 Å². The first-order valence-electron chi connectivity index (χ1n) is 10.7. The minimum atomic E-state index is -0.346. The third-order valence-electron chi connectivity index (χ3n) is 5.97. The predicted octanol–water partition coefficient (Wildman–Crippen LogP) is 3.70. The number of amides is 2. The van der Waals surface area contributed by atoms with Gasteiger partial charge in [0.05, 0.1) is 11.9 Å². The summed E-state index contributed by atoms with van der Waals surface area (Å²) < 4.78 is 13.1. The molecule has 0 atom stereocenters. The lowest BCUT2D eigenvalue weighted by atomic mass is 9.88. The first-order chi connectivity index (χ1) is 14.6. The number of piperazine rings is 1. The van der Waals surface area contributed by atoms with E-state index in [4.69, 9.17) is 0 Å². The molecule has 1 aliphatic heterocycles. The minimum absolute atomic E-state index is 0.0802. The largest absolute Gasteiger partial charge is 0.353 e. The van der Waals surface area contributed by atoms with Crippen LogP contribution in [0.2, 0.25) is 0 Å². The Morgan fingerprint density at radius 2 is 1.63 bits per heavy atom. The highest BCUT2D eigenvalue weighted by Crippen LogP contribution is 2.25. The highest BCUT2D eigenvalue weighted by molar-refractivity contribution is 5.94. The topological polar surface area (TPSA) is 65.5 Å². The van der Waals surface area contributed by atoms with Gasteiger partial charge >= 0.3 is 0 Å². The van der Waals surface area contributed by atoms with Crippen LogP contribution in [0.3, 0.4) is 0 Å². The van der Waals surface area contributed by atoms with E-state index >= 15 is 0 Å². The van der Waals surface area contributed by atoms with Gasteiger partial charge in [-0.25, -0.2) is 9.37 Å². The molecule has 158 valence electrons. The van der Waals surface area contributed by atoms with Gasteiger partial charge in [0, 0.05) is 37.7 Å². The van der Waals surface area contributed by atoms with E-state index in [2.05, 4.69) is 15.2 Å². The van der Waals surface area contributed by atoms with Crippen molar-refractivity contribution in [2.24, 2.45) is 5.92 Å². The first kappa shape index (κ1) is 20.3. The number of rotatable bonds is 4. The highest BCUT2D eigenvalue weighted by atomic mass is 19.1. The van der Waals surface area contributed by atoms with Gasteiger partial charge in [-0.2, -0.15) is 0 Å². The van der Waals surface area contributed by atoms with Crippen molar-refractivity contribution in [3.63, 3.8) is 0 Å². The fourth-order valence-corrected chi connectivity index (χ4v) is 4.17. The zero-order valence-corrected chi connectivity index (χ0v) is 17.0. The van der Waals surface area contributed by atoms with Gasteiger partial charge in [0.25, 0.3) is 5.91 Å². The standard InChI is InChI=1S/C23H27FN4O2/c24-19-8-6-18(7-9-19)23(30)28-14-12-27(13-15-28)21-11-10-20(16-25-21)26-22(29)17-4-2-1-3-5-17/h6-11,16-17H,1-5,12-15H2,(H,26,29). The van der Waals surface area contributed by atoms with Crippen molar-refractivity contribution in [2.75, 3.05) is 36.4 Å². The smallest absolute Gasteiger partial charge is 0.253 e. The van der Waals surface area contributed by atoms with E-state index in [1.54, 1.807) is 11.1 Å². The van der Waals surface area contributed by atoms with Crippen molar-refractivity contribution in [1.82, 2.24) is 9.88 Å². The monoisotopic (exact) mass is 410 g/mol. The molecule has 1 saturated carbocycles. The van der Waals surface area contributed by atoms with Gasteiger partial charge in [0.1, 0.15) is 11.6 Å². The molecule has 4 rings (SSSR count). The van der Waals surface area contributed by atoms with Crippen LogP contribution >= 0.6 is 0 Å². The van der Waals surface area contributed by atoms with Gasteiger partial charge in [-0.05, 0) is 49.2 Å². The van der Waals surface area contributed by atoms with Gasteiger partial charge in [0.15, 0.2) is 0 Å². The first-order valence-corrected chi connectivity index (χ1v) is 10.7.